The zero-order valence-corrected chi connectivity index (χ0v) is 13.7. The van der Waals surface area contributed by atoms with Crippen LogP contribution in [-0.4, -0.2) is 17.9 Å². The quantitative estimate of drug-likeness (QED) is 0.874. The molecule has 118 valence electrons. The number of hydrogen-bond acceptors (Lipinski definition) is 3. The van der Waals surface area contributed by atoms with Gasteiger partial charge in [-0.2, -0.15) is 0 Å². The third-order valence-corrected chi connectivity index (χ3v) is 4.16. The number of imide groups is 1. The Morgan fingerprint density at radius 2 is 1.91 bits per heavy atom. The van der Waals surface area contributed by atoms with Crippen LogP contribution < -0.4 is 10.2 Å². The van der Waals surface area contributed by atoms with Crippen molar-refractivity contribution in [2.75, 3.05) is 10.2 Å². The largest absolute Gasteiger partial charge is 0.373 e. The van der Waals surface area contributed by atoms with Gasteiger partial charge in [-0.05, 0) is 43.7 Å². The number of rotatable bonds is 3. The first kappa shape index (κ1) is 15.6. The molecule has 2 amide bonds. The first-order chi connectivity index (χ1) is 11.0. The second kappa shape index (κ2) is 6.05. The average Bonchev–Trinajstić information content (AvgIpc) is 2.76. The number of carbonyl (C=O) groups excluding carboxylic acids is 2. The average molecular weight is 329 g/mol. The van der Waals surface area contributed by atoms with Gasteiger partial charge in [-0.15, -0.1) is 0 Å². The van der Waals surface area contributed by atoms with Crippen LogP contribution >= 0.6 is 11.6 Å². The van der Waals surface area contributed by atoms with Crippen LogP contribution in [0.5, 0.6) is 0 Å². The second-order valence-corrected chi connectivity index (χ2v) is 6.20. The standard InChI is InChI=1S/C18H17ClN2O2/c1-11-6-7-15(12(2)8-11)20-16-10-17(22)21(18(16)23)14-5-3-4-13(19)9-14/h3-9,16,20H,10H2,1-2H3/t16-/m1/s1. The van der Waals surface area contributed by atoms with Crippen molar-refractivity contribution in [3.8, 4) is 0 Å². The van der Waals surface area contributed by atoms with Crippen LogP contribution in [0.3, 0.4) is 0 Å². The van der Waals surface area contributed by atoms with Crippen molar-refractivity contribution in [2.45, 2.75) is 26.3 Å². The van der Waals surface area contributed by atoms with E-state index in [1.54, 1.807) is 24.3 Å². The monoisotopic (exact) mass is 328 g/mol. The van der Waals surface area contributed by atoms with Gasteiger partial charge >= 0.3 is 0 Å². The minimum Gasteiger partial charge on any atom is -0.373 e. The fourth-order valence-corrected chi connectivity index (χ4v) is 2.98. The van der Waals surface area contributed by atoms with Gasteiger partial charge in [-0.1, -0.05) is 35.4 Å². The normalized spacial score (nSPS) is 17.7. The van der Waals surface area contributed by atoms with Gasteiger partial charge in [0.25, 0.3) is 5.91 Å². The van der Waals surface area contributed by atoms with Crippen molar-refractivity contribution in [1.29, 1.82) is 0 Å². The lowest BCUT2D eigenvalue weighted by molar-refractivity contribution is -0.121. The fraction of sp³-hybridized carbons (Fsp3) is 0.222. The molecule has 1 aliphatic heterocycles. The smallest absolute Gasteiger partial charge is 0.256 e. The molecule has 3 rings (SSSR count). The number of nitrogens with zero attached hydrogens (tertiary/aromatic N) is 1. The number of carbonyl (C=O) groups is 2. The summed E-state index contributed by atoms with van der Waals surface area (Å²) in [6.07, 6.45) is 0.138. The molecule has 23 heavy (non-hydrogen) atoms. The highest BCUT2D eigenvalue weighted by atomic mass is 35.5. The second-order valence-electron chi connectivity index (χ2n) is 5.77. The van der Waals surface area contributed by atoms with Crippen LogP contribution in [0.25, 0.3) is 0 Å². The molecule has 0 unspecified atom stereocenters. The van der Waals surface area contributed by atoms with Gasteiger partial charge < -0.3 is 5.32 Å². The summed E-state index contributed by atoms with van der Waals surface area (Å²) in [7, 11) is 0. The summed E-state index contributed by atoms with van der Waals surface area (Å²) in [5, 5.41) is 3.68. The van der Waals surface area contributed by atoms with Crippen LogP contribution in [0.15, 0.2) is 42.5 Å². The highest BCUT2D eigenvalue weighted by molar-refractivity contribution is 6.31. The molecular formula is C18H17ClN2O2. The van der Waals surface area contributed by atoms with E-state index in [9.17, 15) is 9.59 Å². The summed E-state index contributed by atoms with van der Waals surface area (Å²) >= 11 is 5.96. The molecule has 0 aromatic heterocycles. The first-order valence-electron chi connectivity index (χ1n) is 7.42. The lowest BCUT2D eigenvalue weighted by Crippen LogP contribution is -2.34. The van der Waals surface area contributed by atoms with E-state index >= 15 is 0 Å². The summed E-state index contributed by atoms with van der Waals surface area (Å²) < 4.78 is 0. The van der Waals surface area contributed by atoms with Gasteiger partial charge in [-0.25, -0.2) is 4.90 Å². The van der Waals surface area contributed by atoms with Gasteiger partial charge in [0, 0.05) is 10.7 Å². The van der Waals surface area contributed by atoms with Crippen molar-refractivity contribution < 1.29 is 9.59 Å². The lowest BCUT2D eigenvalue weighted by Gasteiger charge is -2.17. The molecule has 1 N–H and O–H groups in total. The molecule has 0 spiro atoms. The van der Waals surface area contributed by atoms with E-state index in [4.69, 9.17) is 11.6 Å². The predicted octanol–water partition coefficient (Wildman–Crippen LogP) is 3.70. The van der Waals surface area contributed by atoms with Crippen LogP contribution in [0.1, 0.15) is 17.5 Å². The Hall–Kier alpha value is -2.33. The molecule has 0 radical (unpaired) electrons. The van der Waals surface area contributed by atoms with E-state index < -0.39 is 6.04 Å². The number of aryl methyl sites for hydroxylation is 2. The summed E-state index contributed by atoms with van der Waals surface area (Å²) in [6.45, 7) is 3.99. The van der Waals surface area contributed by atoms with E-state index in [1.807, 2.05) is 32.0 Å². The third kappa shape index (κ3) is 3.08. The fourth-order valence-electron chi connectivity index (χ4n) is 2.79. The van der Waals surface area contributed by atoms with Crippen molar-refractivity contribution in [2.24, 2.45) is 0 Å². The van der Waals surface area contributed by atoms with Gasteiger partial charge in [0.05, 0.1) is 12.1 Å². The predicted molar refractivity (Wildman–Crippen MR) is 91.9 cm³/mol. The Kier molecular flexibility index (Phi) is 4.09. The van der Waals surface area contributed by atoms with Crippen LogP contribution in [-0.2, 0) is 9.59 Å². The molecule has 1 aliphatic rings. The number of nitrogens with one attached hydrogen (secondary N) is 1. The summed E-state index contributed by atoms with van der Waals surface area (Å²) in [5.74, 6) is -0.475. The van der Waals surface area contributed by atoms with Crippen LogP contribution in [0.4, 0.5) is 11.4 Å². The Morgan fingerprint density at radius 3 is 2.61 bits per heavy atom. The van der Waals surface area contributed by atoms with Gasteiger partial charge in [0.1, 0.15) is 6.04 Å². The molecular weight excluding hydrogens is 312 g/mol. The van der Waals surface area contributed by atoms with Crippen LogP contribution in [0.2, 0.25) is 5.02 Å². The Labute approximate surface area is 140 Å². The van der Waals surface area contributed by atoms with Crippen molar-refractivity contribution in [3.05, 3.63) is 58.6 Å². The Bertz CT molecular complexity index is 788. The number of hydrogen-bond donors (Lipinski definition) is 1. The molecule has 0 aliphatic carbocycles. The van der Waals surface area contributed by atoms with E-state index in [1.165, 1.54) is 4.90 Å². The van der Waals surface area contributed by atoms with E-state index in [2.05, 4.69) is 5.32 Å². The Balaban J connectivity index is 1.84. The Morgan fingerprint density at radius 1 is 1.13 bits per heavy atom. The van der Waals surface area contributed by atoms with Crippen molar-refractivity contribution in [1.82, 2.24) is 0 Å². The van der Waals surface area contributed by atoms with Crippen LogP contribution in [0, 0.1) is 13.8 Å². The molecule has 1 saturated heterocycles. The summed E-state index contributed by atoms with van der Waals surface area (Å²) in [4.78, 5) is 26.1. The highest BCUT2D eigenvalue weighted by Crippen LogP contribution is 2.27. The molecule has 2 aromatic carbocycles. The topological polar surface area (TPSA) is 49.4 Å². The number of amides is 2. The van der Waals surface area contributed by atoms with E-state index in [0.29, 0.717) is 10.7 Å². The zero-order valence-electron chi connectivity index (χ0n) is 13.0. The minimum absolute atomic E-state index is 0.138. The maximum Gasteiger partial charge on any atom is 0.256 e. The maximum absolute atomic E-state index is 12.6. The van der Waals surface area contributed by atoms with Gasteiger partial charge in [0.2, 0.25) is 5.91 Å². The van der Waals surface area contributed by atoms with Crippen molar-refractivity contribution in [3.63, 3.8) is 0 Å². The van der Waals surface area contributed by atoms with Crippen molar-refractivity contribution >= 4 is 34.8 Å². The summed E-state index contributed by atoms with van der Waals surface area (Å²) in [5.41, 5.74) is 3.58. The maximum atomic E-state index is 12.6. The van der Waals surface area contributed by atoms with Gasteiger partial charge in [-0.3, -0.25) is 9.59 Å². The van der Waals surface area contributed by atoms with E-state index in [0.717, 1.165) is 16.8 Å². The molecule has 1 fully saturated rings. The molecule has 0 saturated carbocycles. The minimum atomic E-state index is -0.553. The molecule has 4 nitrogen and oxygen atoms in total. The molecule has 1 heterocycles. The van der Waals surface area contributed by atoms with E-state index in [-0.39, 0.29) is 18.2 Å². The SMILES string of the molecule is Cc1ccc(N[C@@H]2CC(=O)N(c3cccc(Cl)c3)C2=O)c(C)c1. The highest BCUT2D eigenvalue weighted by Gasteiger charge is 2.39. The first-order valence-corrected chi connectivity index (χ1v) is 7.79. The number of benzene rings is 2. The molecule has 2 aromatic rings. The lowest BCUT2D eigenvalue weighted by atomic mass is 10.1. The molecule has 5 heteroatoms. The molecule has 0 bridgehead atoms. The number of anilines is 2. The third-order valence-electron chi connectivity index (χ3n) is 3.92. The molecule has 1 atom stereocenters. The summed E-state index contributed by atoms with van der Waals surface area (Å²) in [6, 6.07) is 12.2. The van der Waals surface area contributed by atoms with Gasteiger partial charge in [0.15, 0.2) is 0 Å². The zero-order chi connectivity index (χ0) is 16.6. The number of halogens is 1.